The lowest BCUT2D eigenvalue weighted by Gasteiger charge is -2.13. The van der Waals surface area contributed by atoms with E-state index in [4.69, 9.17) is 0 Å². The van der Waals surface area contributed by atoms with E-state index in [-0.39, 0.29) is 18.0 Å². The van der Waals surface area contributed by atoms with Crippen LogP contribution in [0.4, 0.5) is 14.5 Å². The summed E-state index contributed by atoms with van der Waals surface area (Å²) >= 11 is 0. The molecular weight excluding hydrogens is 274 g/mol. The van der Waals surface area contributed by atoms with Gasteiger partial charge in [0.2, 0.25) is 0 Å². The zero-order valence-electron chi connectivity index (χ0n) is 11.9. The minimum absolute atomic E-state index is 0.0609. The van der Waals surface area contributed by atoms with Crippen molar-refractivity contribution in [3.63, 3.8) is 0 Å². The molecule has 110 valence electrons. The molecule has 0 aromatic heterocycles. The number of halogens is 2. The average molecular weight is 290 g/mol. The molecule has 3 nitrogen and oxygen atoms in total. The van der Waals surface area contributed by atoms with E-state index in [0.717, 1.165) is 23.9 Å². The number of hydrogen-bond acceptors (Lipinski definition) is 2. The summed E-state index contributed by atoms with van der Waals surface area (Å²) in [6.45, 7) is -0.0609. The van der Waals surface area contributed by atoms with Crippen molar-refractivity contribution < 1.29 is 13.6 Å². The second-order valence-electron chi connectivity index (χ2n) is 4.86. The van der Waals surface area contributed by atoms with Crippen molar-refractivity contribution in [2.45, 2.75) is 6.54 Å². The molecule has 2 aromatic rings. The van der Waals surface area contributed by atoms with Crippen molar-refractivity contribution in [3.05, 3.63) is 65.2 Å². The number of benzene rings is 2. The lowest BCUT2D eigenvalue weighted by atomic mass is 10.1. The molecule has 1 amide bonds. The van der Waals surface area contributed by atoms with Gasteiger partial charge in [0, 0.05) is 37.5 Å². The summed E-state index contributed by atoms with van der Waals surface area (Å²) in [5.41, 5.74) is 1.48. The number of carbonyl (C=O) groups excluding carboxylic acids is 1. The first-order valence-corrected chi connectivity index (χ1v) is 6.47. The maximum absolute atomic E-state index is 13.5. The second-order valence-corrected chi connectivity index (χ2v) is 4.86. The fraction of sp³-hybridized carbons (Fsp3) is 0.188. The zero-order chi connectivity index (χ0) is 15.4. The van der Waals surface area contributed by atoms with Crippen LogP contribution < -0.4 is 10.2 Å². The molecule has 0 saturated heterocycles. The quantitative estimate of drug-likeness (QED) is 0.939. The van der Waals surface area contributed by atoms with Crippen LogP contribution in [0.3, 0.4) is 0 Å². The van der Waals surface area contributed by atoms with Gasteiger partial charge in [-0.2, -0.15) is 0 Å². The minimum Gasteiger partial charge on any atom is -0.378 e. The van der Waals surface area contributed by atoms with E-state index in [0.29, 0.717) is 5.56 Å². The fourth-order valence-electron chi connectivity index (χ4n) is 1.88. The predicted octanol–water partition coefficient (Wildman–Crippen LogP) is 2.96. The van der Waals surface area contributed by atoms with E-state index in [1.165, 1.54) is 0 Å². The number of amides is 1. The molecule has 5 heteroatoms. The summed E-state index contributed by atoms with van der Waals surface area (Å²) < 4.78 is 26.5. The van der Waals surface area contributed by atoms with E-state index in [1.54, 1.807) is 18.2 Å². The Kier molecular flexibility index (Phi) is 4.52. The molecule has 0 fully saturated rings. The summed E-state index contributed by atoms with van der Waals surface area (Å²) in [7, 11) is 3.75. The molecule has 0 spiro atoms. The Bertz CT molecular complexity index is 656. The third kappa shape index (κ3) is 3.78. The SMILES string of the molecule is CN(C)c1cccc(C(=O)NCc2cc(F)ccc2F)c1. The van der Waals surface area contributed by atoms with Gasteiger partial charge in [-0.25, -0.2) is 8.78 Å². The van der Waals surface area contributed by atoms with Crippen LogP contribution in [0.1, 0.15) is 15.9 Å². The molecule has 0 atom stereocenters. The van der Waals surface area contributed by atoms with Crippen LogP contribution >= 0.6 is 0 Å². The van der Waals surface area contributed by atoms with E-state index in [9.17, 15) is 13.6 Å². The van der Waals surface area contributed by atoms with Gasteiger partial charge in [-0.3, -0.25) is 4.79 Å². The van der Waals surface area contributed by atoms with Gasteiger partial charge in [-0.15, -0.1) is 0 Å². The summed E-state index contributed by atoms with van der Waals surface area (Å²) in [6.07, 6.45) is 0. The van der Waals surface area contributed by atoms with Crippen LogP contribution in [-0.2, 0) is 6.54 Å². The Hall–Kier alpha value is -2.43. The molecule has 2 rings (SSSR count). The maximum atomic E-state index is 13.5. The monoisotopic (exact) mass is 290 g/mol. The summed E-state index contributed by atoms with van der Waals surface area (Å²) in [5.74, 6) is -1.41. The molecule has 0 heterocycles. The summed E-state index contributed by atoms with van der Waals surface area (Å²) in [4.78, 5) is 13.9. The number of rotatable bonds is 4. The number of anilines is 1. The Labute approximate surface area is 122 Å². The Balaban J connectivity index is 2.08. The molecule has 2 aromatic carbocycles. The lowest BCUT2D eigenvalue weighted by molar-refractivity contribution is 0.0950. The highest BCUT2D eigenvalue weighted by atomic mass is 19.1. The smallest absolute Gasteiger partial charge is 0.251 e. The Morgan fingerprint density at radius 2 is 1.90 bits per heavy atom. The van der Waals surface area contributed by atoms with Crippen molar-refractivity contribution in [3.8, 4) is 0 Å². The first-order chi connectivity index (χ1) is 9.97. The van der Waals surface area contributed by atoms with E-state index in [2.05, 4.69) is 5.32 Å². The Morgan fingerprint density at radius 1 is 1.14 bits per heavy atom. The molecule has 0 bridgehead atoms. The fourth-order valence-corrected chi connectivity index (χ4v) is 1.88. The van der Waals surface area contributed by atoms with E-state index >= 15 is 0 Å². The molecule has 0 aliphatic heterocycles. The van der Waals surface area contributed by atoms with E-state index in [1.807, 2.05) is 25.1 Å². The first kappa shape index (κ1) is 15.0. The van der Waals surface area contributed by atoms with Gasteiger partial charge in [0.15, 0.2) is 0 Å². The summed E-state index contributed by atoms with van der Waals surface area (Å²) in [6, 6.07) is 10.2. The number of nitrogens with zero attached hydrogens (tertiary/aromatic N) is 1. The Morgan fingerprint density at radius 3 is 2.62 bits per heavy atom. The number of nitrogens with one attached hydrogen (secondary N) is 1. The lowest BCUT2D eigenvalue weighted by Crippen LogP contribution is -2.23. The van der Waals surface area contributed by atoms with Crippen molar-refractivity contribution >= 4 is 11.6 Å². The average Bonchev–Trinajstić information content (AvgIpc) is 2.48. The molecule has 21 heavy (non-hydrogen) atoms. The van der Waals surface area contributed by atoms with Gasteiger partial charge in [0.05, 0.1) is 0 Å². The highest BCUT2D eigenvalue weighted by molar-refractivity contribution is 5.95. The van der Waals surface area contributed by atoms with Crippen molar-refractivity contribution in [2.24, 2.45) is 0 Å². The molecule has 0 unspecified atom stereocenters. The van der Waals surface area contributed by atoms with Gasteiger partial charge in [-0.05, 0) is 36.4 Å². The topological polar surface area (TPSA) is 32.3 Å². The molecule has 0 aliphatic carbocycles. The minimum atomic E-state index is -0.543. The normalized spacial score (nSPS) is 10.3. The molecule has 0 saturated carbocycles. The number of hydrogen-bond donors (Lipinski definition) is 1. The van der Waals surface area contributed by atoms with Crippen LogP contribution in [0.15, 0.2) is 42.5 Å². The van der Waals surface area contributed by atoms with Crippen LogP contribution in [0.25, 0.3) is 0 Å². The first-order valence-electron chi connectivity index (χ1n) is 6.47. The van der Waals surface area contributed by atoms with Gasteiger partial charge >= 0.3 is 0 Å². The highest BCUT2D eigenvalue weighted by Gasteiger charge is 2.09. The maximum Gasteiger partial charge on any atom is 0.251 e. The standard InChI is InChI=1S/C16H16F2N2O/c1-20(2)14-5-3-4-11(9-14)16(21)19-10-12-8-13(17)6-7-15(12)18/h3-9H,10H2,1-2H3,(H,19,21). The second kappa shape index (κ2) is 6.35. The van der Waals surface area contributed by atoms with Gasteiger partial charge < -0.3 is 10.2 Å². The van der Waals surface area contributed by atoms with Crippen molar-refractivity contribution in [1.29, 1.82) is 0 Å². The van der Waals surface area contributed by atoms with Crippen LogP contribution in [-0.4, -0.2) is 20.0 Å². The van der Waals surface area contributed by atoms with Crippen molar-refractivity contribution in [1.82, 2.24) is 5.32 Å². The van der Waals surface area contributed by atoms with E-state index < -0.39 is 11.6 Å². The third-order valence-corrected chi connectivity index (χ3v) is 3.07. The summed E-state index contributed by atoms with van der Waals surface area (Å²) in [5, 5.41) is 2.59. The highest BCUT2D eigenvalue weighted by Crippen LogP contribution is 2.14. The predicted molar refractivity (Wildman–Crippen MR) is 78.3 cm³/mol. The van der Waals surface area contributed by atoms with Crippen LogP contribution in [0.2, 0.25) is 0 Å². The zero-order valence-corrected chi connectivity index (χ0v) is 11.9. The largest absolute Gasteiger partial charge is 0.378 e. The molecule has 0 aliphatic rings. The van der Waals surface area contributed by atoms with Gasteiger partial charge in [-0.1, -0.05) is 6.07 Å². The molecule has 1 N–H and O–H groups in total. The van der Waals surface area contributed by atoms with Crippen LogP contribution in [0.5, 0.6) is 0 Å². The van der Waals surface area contributed by atoms with Crippen molar-refractivity contribution in [2.75, 3.05) is 19.0 Å². The van der Waals surface area contributed by atoms with Crippen LogP contribution in [0, 0.1) is 11.6 Å². The third-order valence-electron chi connectivity index (χ3n) is 3.07. The number of carbonyl (C=O) groups is 1. The van der Waals surface area contributed by atoms with Gasteiger partial charge in [0.25, 0.3) is 5.91 Å². The molecular formula is C16H16F2N2O. The van der Waals surface area contributed by atoms with Gasteiger partial charge in [0.1, 0.15) is 11.6 Å². The molecule has 0 radical (unpaired) electrons.